The molecule has 0 atom stereocenters. The maximum Gasteiger partial charge on any atom is -0.0473 e. The molecule has 0 aromatic rings. The van der Waals surface area contributed by atoms with Gasteiger partial charge in [-0.25, -0.2) is 0 Å². The van der Waals surface area contributed by atoms with Crippen molar-refractivity contribution < 1.29 is 0 Å². The first-order chi connectivity index (χ1) is 6.66. The molecule has 0 unspecified atom stereocenters. The van der Waals surface area contributed by atoms with Gasteiger partial charge in [-0.15, -0.1) is 6.58 Å². The Morgan fingerprint density at radius 2 is 0.929 bits per heavy atom. The first-order valence-corrected chi connectivity index (χ1v) is 5.46. The van der Waals surface area contributed by atoms with Gasteiger partial charge in [-0.1, -0.05) is 78.3 Å². The van der Waals surface area contributed by atoms with Crippen LogP contribution >= 0.6 is 0 Å². The number of unbranched alkanes of at least 4 members (excludes halogenated alkanes) is 1. The fraction of sp³-hybridized carbons (Fsp3) is 0.571. The lowest BCUT2D eigenvalue weighted by Gasteiger charge is -1.68. The molecule has 0 aliphatic heterocycles. The zero-order chi connectivity index (χ0) is 12.2. The highest BCUT2D eigenvalue weighted by atomic mass is 13.6. The van der Waals surface area contributed by atoms with Crippen molar-refractivity contribution in [2.24, 2.45) is 0 Å². The molecule has 0 nitrogen and oxygen atoms in total. The van der Waals surface area contributed by atoms with Crippen LogP contribution in [0.25, 0.3) is 0 Å². The van der Waals surface area contributed by atoms with Gasteiger partial charge in [-0.2, -0.15) is 0 Å². The van der Waals surface area contributed by atoms with E-state index in [1.807, 2.05) is 6.92 Å². The van der Waals surface area contributed by atoms with Crippen LogP contribution in [0, 0.1) is 0 Å². The van der Waals surface area contributed by atoms with E-state index in [0.717, 1.165) is 0 Å². The van der Waals surface area contributed by atoms with Crippen molar-refractivity contribution in [3.63, 3.8) is 0 Å². The highest BCUT2D eigenvalue weighted by Crippen LogP contribution is 1.76. The largest absolute Gasteiger partial charge is 0.103 e. The molecule has 0 aliphatic rings. The zero-order valence-corrected chi connectivity index (χ0v) is 11.0. The highest BCUT2D eigenvalue weighted by Gasteiger charge is 1.56. The number of allylic oxidation sites excluding steroid dienone is 3. The number of hydrogen-bond acceptors (Lipinski definition) is 0. The normalized spacial score (nSPS) is 5.79. The van der Waals surface area contributed by atoms with Gasteiger partial charge in [0.2, 0.25) is 0 Å². The summed E-state index contributed by atoms with van der Waals surface area (Å²) in [5.41, 5.74) is 0. The Bertz CT molecular complexity index is 72.0. The molecule has 0 aromatic carbocycles. The minimum Gasteiger partial charge on any atom is -0.103 e. The third-order valence-electron chi connectivity index (χ3n) is 0.667. The monoisotopic (exact) mass is 198 g/mol. The van der Waals surface area contributed by atoms with Crippen LogP contribution in [0.3, 0.4) is 0 Å². The summed E-state index contributed by atoms with van der Waals surface area (Å²) in [6.45, 7) is 20.6. The van der Waals surface area contributed by atoms with Crippen molar-refractivity contribution in [3.8, 4) is 0 Å². The van der Waals surface area contributed by atoms with E-state index in [9.17, 15) is 0 Å². The molecule has 0 heterocycles. The van der Waals surface area contributed by atoms with E-state index in [0.29, 0.717) is 0 Å². The average Bonchev–Trinajstić information content (AvgIpc) is 2.20. The molecule has 0 saturated carbocycles. The Hall–Kier alpha value is -0.780. The maximum absolute atomic E-state index is 3.36. The van der Waals surface area contributed by atoms with E-state index in [1.54, 1.807) is 18.2 Å². The predicted molar refractivity (Wildman–Crippen MR) is 72.8 cm³/mol. The van der Waals surface area contributed by atoms with E-state index >= 15 is 0 Å². The van der Waals surface area contributed by atoms with Crippen LogP contribution in [-0.4, -0.2) is 0 Å². The molecule has 0 saturated heterocycles. The fourth-order valence-corrected chi connectivity index (χ4v) is 0. The smallest absolute Gasteiger partial charge is 0.0473 e. The van der Waals surface area contributed by atoms with E-state index in [1.165, 1.54) is 19.3 Å². The topological polar surface area (TPSA) is 0 Å². The highest BCUT2D eigenvalue weighted by molar-refractivity contribution is 4.88. The number of hydrogen-bond donors (Lipinski definition) is 0. The van der Waals surface area contributed by atoms with Crippen molar-refractivity contribution in [2.75, 3.05) is 0 Å². The molecule has 0 aliphatic carbocycles. The summed E-state index contributed by atoms with van der Waals surface area (Å²) in [5, 5.41) is 0. The van der Waals surface area contributed by atoms with E-state index in [-0.39, 0.29) is 0 Å². The van der Waals surface area contributed by atoms with Gasteiger partial charge >= 0.3 is 0 Å². The van der Waals surface area contributed by atoms with Gasteiger partial charge in [-0.05, 0) is 6.92 Å². The van der Waals surface area contributed by atoms with Crippen LogP contribution in [0.1, 0.15) is 53.9 Å². The Morgan fingerprint density at radius 3 is 0.929 bits per heavy atom. The van der Waals surface area contributed by atoms with Crippen LogP contribution in [0.4, 0.5) is 0 Å². The first-order valence-electron chi connectivity index (χ1n) is 5.46. The van der Waals surface area contributed by atoms with Crippen molar-refractivity contribution in [2.45, 2.75) is 53.9 Å². The van der Waals surface area contributed by atoms with Crippen LogP contribution in [-0.2, 0) is 0 Å². The Balaban J connectivity index is -0.0000000482. The summed E-state index contributed by atoms with van der Waals surface area (Å²) in [7, 11) is 0. The zero-order valence-electron chi connectivity index (χ0n) is 11.0. The summed E-state index contributed by atoms with van der Waals surface area (Å²) in [6.07, 6.45) is 8.92. The Morgan fingerprint density at radius 1 is 0.786 bits per heavy atom. The molecular formula is C14H30. The standard InChI is InChI=1S/C4H10.C4H6.C3H8.C3H6/c2*1-3-4-2;2*1-3-2/h3-4H2,1-2H3;3-4H,1-2H2;3H2,1-2H3;3H,1H2,2H3. The average molecular weight is 198 g/mol. The van der Waals surface area contributed by atoms with Gasteiger partial charge in [-0.3, -0.25) is 0 Å². The van der Waals surface area contributed by atoms with Crippen molar-refractivity contribution in [3.05, 3.63) is 38.0 Å². The summed E-state index contributed by atoms with van der Waals surface area (Å²) >= 11 is 0. The fourth-order valence-electron chi connectivity index (χ4n) is 0. The van der Waals surface area contributed by atoms with Crippen molar-refractivity contribution in [1.29, 1.82) is 0 Å². The molecule has 0 bridgehead atoms. The molecule has 0 amide bonds. The second-order valence-electron chi connectivity index (χ2n) is 2.59. The lowest BCUT2D eigenvalue weighted by molar-refractivity contribution is 0.886. The van der Waals surface area contributed by atoms with E-state index in [2.05, 4.69) is 47.4 Å². The van der Waals surface area contributed by atoms with Crippen LogP contribution in [0.2, 0.25) is 0 Å². The molecule has 0 spiro atoms. The van der Waals surface area contributed by atoms with Gasteiger partial charge in [0.25, 0.3) is 0 Å². The SMILES string of the molecule is C=CC.C=CC=C.CCC.CCCC. The van der Waals surface area contributed by atoms with E-state index < -0.39 is 0 Å². The molecule has 86 valence electrons. The second kappa shape index (κ2) is 56.5. The molecular weight excluding hydrogens is 168 g/mol. The lowest BCUT2D eigenvalue weighted by atomic mass is 10.4. The molecule has 0 rings (SSSR count). The van der Waals surface area contributed by atoms with Crippen LogP contribution in [0.15, 0.2) is 38.0 Å². The van der Waals surface area contributed by atoms with Crippen molar-refractivity contribution in [1.82, 2.24) is 0 Å². The summed E-state index contributed by atoms with van der Waals surface area (Å²) in [4.78, 5) is 0. The molecule has 0 radical (unpaired) electrons. The Labute approximate surface area is 92.4 Å². The van der Waals surface area contributed by atoms with Crippen molar-refractivity contribution >= 4 is 0 Å². The minimum absolute atomic E-state index is 1.25. The first kappa shape index (κ1) is 23.2. The second-order valence-corrected chi connectivity index (χ2v) is 2.59. The molecule has 0 aromatic heterocycles. The quantitative estimate of drug-likeness (QED) is 0.390. The molecule has 0 fully saturated rings. The predicted octanol–water partition coefficient (Wildman–Crippen LogP) is 5.77. The van der Waals surface area contributed by atoms with Gasteiger partial charge < -0.3 is 0 Å². The van der Waals surface area contributed by atoms with Gasteiger partial charge in [0.1, 0.15) is 0 Å². The third-order valence-corrected chi connectivity index (χ3v) is 0.667. The van der Waals surface area contributed by atoms with Crippen LogP contribution < -0.4 is 0 Å². The lowest BCUT2D eigenvalue weighted by Crippen LogP contribution is -1.47. The Kier molecular flexibility index (Phi) is 93.6. The third kappa shape index (κ3) is 787. The maximum atomic E-state index is 3.36. The summed E-state index contributed by atoms with van der Waals surface area (Å²) in [6, 6.07) is 0. The minimum atomic E-state index is 1.25. The van der Waals surface area contributed by atoms with Gasteiger partial charge in [0, 0.05) is 0 Å². The summed E-state index contributed by atoms with van der Waals surface area (Å²) in [5.74, 6) is 0. The van der Waals surface area contributed by atoms with Gasteiger partial charge in [0.05, 0.1) is 0 Å². The molecule has 14 heavy (non-hydrogen) atoms. The van der Waals surface area contributed by atoms with E-state index in [4.69, 9.17) is 0 Å². The molecule has 0 heteroatoms. The number of rotatable bonds is 2. The summed E-state index contributed by atoms with van der Waals surface area (Å²) < 4.78 is 0. The van der Waals surface area contributed by atoms with Gasteiger partial charge in [0.15, 0.2) is 0 Å². The molecule has 0 N–H and O–H groups in total. The van der Waals surface area contributed by atoms with Crippen LogP contribution in [0.5, 0.6) is 0 Å².